The van der Waals surface area contributed by atoms with Crippen molar-refractivity contribution in [3.05, 3.63) is 29.8 Å². The molecular weight excluding hydrogens is 426 g/mol. The molecule has 0 aliphatic heterocycles. The summed E-state index contributed by atoms with van der Waals surface area (Å²) in [5, 5.41) is 1.06. The Labute approximate surface area is 148 Å². The van der Waals surface area contributed by atoms with Gasteiger partial charge in [-0.3, -0.25) is 4.79 Å². The lowest BCUT2D eigenvalue weighted by atomic mass is 9.94. The van der Waals surface area contributed by atoms with E-state index in [0.717, 1.165) is 30.4 Å². The van der Waals surface area contributed by atoms with E-state index in [2.05, 4.69) is 0 Å². The van der Waals surface area contributed by atoms with E-state index in [1.54, 1.807) is 0 Å². The van der Waals surface area contributed by atoms with Crippen molar-refractivity contribution in [2.45, 2.75) is 43.0 Å². The highest BCUT2D eigenvalue weighted by molar-refractivity contribution is 5.97. The molecule has 0 saturated heterocycles. The number of hydrogen-bond acceptors (Lipinski definition) is 1. The molecule has 0 unspecified atom stereocenters. The van der Waals surface area contributed by atoms with Crippen LogP contribution in [0.4, 0.5) is 58.4 Å². The molecule has 0 bridgehead atoms. The standard InChI is InChI=1S/C14H9F12NO/c1-6-4-2-3-5-7(6)27-9(28)11(19,20)13(23,24)14(25,26)12(21,22)10(17,18)8(15)16/h2-5,8H,1H3,(H,27,28). The van der Waals surface area contributed by atoms with Crippen LogP contribution in [0.15, 0.2) is 24.3 Å². The van der Waals surface area contributed by atoms with Gasteiger partial charge in [-0.1, -0.05) is 18.2 Å². The number of para-hydroxylation sites is 1. The van der Waals surface area contributed by atoms with Crippen molar-refractivity contribution in [3.63, 3.8) is 0 Å². The lowest BCUT2D eigenvalue weighted by molar-refractivity contribution is -0.406. The highest BCUT2D eigenvalue weighted by Gasteiger charge is 2.89. The first-order valence-electron chi connectivity index (χ1n) is 6.90. The van der Waals surface area contributed by atoms with Gasteiger partial charge in [0, 0.05) is 5.69 Å². The quantitative estimate of drug-likeness (QED) is 0.573. The molecule has 14 heteroatoms. The number of aryl methyl sites for hydroxylation is 1. The summed E-state index contributed by atoms with van der Waals surface area (Å²) in [5.74, 6) is -39.9. The van der Waals surface area contributed by atoms with Crippen molar-refractivity contribution >= 4 is 11.6 Å². The number of nitrogens with one attached hydrogen (secondary N) is 1. The molecule has 0 heterocycles. The van der Waals surface area contributed by atoms with Gasteiger partial charge in [-0.25, -0.2) is 8.78 Å². The van der Waals surface area contributed by atoms with Crippen LogP contribution in [0.5, 0.6) is 0 Å². The van der Waals surface area contributed by atoms with Crippen LogP contribution in [0.1, 0.15) is 5.56 Å². The number of benzene rings is 1. The predicted octanol–water partition coefficient (Wildman–Crippen LogP) is 5.38. The fraction of sp³-hybridized carbons (Fsp3) is 0.500. The molecule has 0 atom stereocenters. The first-order valence-corrected chi connectivity index (χ1v) is 6.90. The summed E-state index contributed by atoms with van der Waals surface area (Å²) in [5.41, 5.74) is -0.660. The van der Waals surface area contributed by atoms with E-state index in [0.29, 0.717) is 0 Å². The minimum Gasteiger partial charge on any atom is -0.320 e. The van der Waals surface area contributed by atoms with Crippen molar-refractivity contribution in [3.8, 4) is 0 Å². The number of carbonyl (C=O) groups excluding carboxylic acids is 1. The maximum Gasteiger partial charge on any atom is 0.393 e. The average Bonchev–Trinajstić information content (AvgIpc) is 2.55. The molecular formula is C14H9F12NO. The number of hydrogen-bond donors (Lipinski definition) is 1. The Morgan fingerprint density at radius 3 is 1.71 bits per heavy atom. The maximum absolute atomic E-state index is 13.6. The zero-order chi connectivity index (χ0) is 22.3. The molecule has 1 N–H and O–H groups in total. The van der Waals surface area contributed by atoms with Gasteiger partial charge in [0.25, 0.3) is 0 Å². The third kappa shape index (κ3) is 3.36. The lowest BCUT2D eigenvalue weighted by Gasteiger charge is -2.38. The van der Waals surface area contributed by atoms with Gasteiger partial charge in [-0.05, 0) is 18.6 Å². The molecule has 28 heavy (non-hydrogen) atoms. The number of carbonyl (C=O) groups is 1. The van der Waals surface area contributed by atoms with Gasteiger partial charge in [0.1, 0.15) is 0 Å². The Morgan fingerprint density at radius 2 is 1.29 bits per heavy atom. The second kappa shape index (κ2) is 7.03. The van der Waals surface area contributed by atoms with Gasteiger partial charge >= 0.3 is 41.9 Å². The first kappa shape index (κ1) is 23.9. The van der Waals surface area contributed by atoms with E-state index >= 15 is 0 Å². The zero-order valence-electron chi connectivity index (χ0n) is 13.3. The average molecular weight is 435 g/mol. The van der Waals surface area contributed by atoms with E-state index in [9.17, 15) is 57.5 Å². The van der Waals surface area contributed by atoms with E-state index in [1.807, 2.05) is 0 Å². The Balaban J connectivity index is 3.37. The molecule has 0 aliphatic rings. The summed E-state index contributed by atoms with van der Waals surface area (Å²) in [4.78, 5) is 11.3. The predicted molar refractivity (Wildman–Crippen MR) is 70.5 cm³/mol. The number of amides is 1. The van der Waals surface area contributed by atoms with Crippen LogP contribution in [0.2, 0.25) is 0 Å². The van der Waals surface area contributed by atoms with Crippen LogP contribution >= 0.6 is 0 Å². The summed E-state index contributed by atoms with van der Waals surface area (Å²) >= 11 is 0. The fourth-order valence-electron chi connectivity index (χ4n) is 1.80. The van der Waals surface area contributed by atoms with Crippen LogP contribution in [-0.2, 0) is 4.79 Å². The van der Waals surface area contributed by atoms with Crippen molar-refractivity contribution in [2.75, 3.05) is 5.32 Å². The summed E-state index contributed by atoms with van der Waals surface area (Å²) in [6.07, 6.45) is -5.60. The van der Waals surface area contributed by atoms with E-state index in [4.69, 9.17) is 0 Å². The molecule has 1 amide bonds. The highest BCUT2D eigenvalue weighted by Crippen LogP contribution is 2.58. The summed E-state index contributed by atoms with van der Waals surface area (Å²) in [6.45, 7) is 1.15. The molecule has 1 aromatic carbocycles. The Bertz CT molecular complexity index is 731. The Morgan fingerprint density at radius 1 is 0.821 bits per heavy atom. The lowest BCUT2D eigenvalue weighted by Crippen LogP contribution is -2.70. The number of rotatable bonds is 7. The monoisotopic (exact) mass is 435 g/mol. The van der Waals surface area contributed by atoms with Gasteiger partial charge < -0.3 is 5.32 Å². The van der Waals surface area contributed by atoms with Crippen LogP contribution in [0.3, 0.4) is 0 Å². The zero-order valence-corrected chi connectivity index (χ0v) is 13.3. The van der Waals surface area contributed by atoms with Gasteiger partial charge in [-0.15, -0.1) is 0 Å². The van der Waals surface area contributed by atoms with Gasteiger partial charge in [0.2, 0.25) is 0 Å². The molecule has 0 fully saturated rings. The van der Waals surface area contributed by atoms with Crippen molar-refractivity contribution in [2.24, 2.45) is 0 Å². The Kier molecular flexibility index (Phi) is 6.00. The molecule has 1 rings (SSSR count). The number of alkyl halides is 12. The van der Waals surface area contributed by atoms with Crippen LogP contribution in [0, 0.1) is 6.92 Å². The molecule has 0 saturated carbocycles. The molecule has 0 radical (unpaired) electrons. The third-order valence-electron chi connectivity index (χ3n) is 3.55. The van der Waals surface area contributed by atoms with E-state index < -0.39 is 47.6 Å². The summed E-state index contributed by atoms with van der Waals surface area (Å²) in [6, 6.07) is 4.38. The molecule has 0 aliphatic carbocycles. The van der Waals surface area contributed by atoms with Gasteiger partial charge in [0.15, 0.2) is 0 Å². The second-order valence-corrected chi connectivity index (χ2v) is 5.49. The molecule has 1 aromatic rings. The van der Waals surface area contributed by atoms with Crippen LogP contribution in [0.25, 0.3) is 0 Å². The smallest absolute Gasteiger partial charge is 0.320 e. The van der Waals surface area contributed by atoms with Crippen molar-refractivity contribution in [1.82, 2.24) is 0 Å². The second-order valence-electron chi connectivity index (χ2n) is 5.49. The van der Waals surface area contributed by atoms with Gasteiger partial charge in [0.05, 0.1) is 0 Å². The highest BCUT2D eigenvalue weighted by atomic mass is 19.4. The minimum absolute atomic E-state index is 0.0451. The fourth-order valence-corrected chi connectivity index (χ4v) is 1.80. The summed E-state index contributed by atoms with van der Waals surface area (Å²) < 4.78 is 156. The molecule has 0 spiro atoms. The molecule has 0 aromatic heterocycles. The van der Waals surface area contributed by atoms with Crippen molar-refractivity contribution in [1.29, 1.82) is 0 Å². The SMILES string of the molecule is Cc1ccccc1NC(=O)C(F)(F)C(F)(F)C(F)(F)C(F)(F)C(F)(F)C(F)F. The normalized spacial score (nSPS) is 14.4. The third-order valence-corrected chi connectivity index (χ3v) is 3.55. The van der Waals surface area contributed by atoms with Crippen LogP contribution < -0.4 is 5.32 Å². The van der Waals surface area contributed by atoms with Gasteiger partial charge in [-0.2, -0.15) is 43.9 Å². The molecule has 2 nitrogen and oxygen atoms in total. The number of anilines is 1. The Hall–Kier alpha value is -2.15. The maximum atomic E-state index is 13.6. The summed E-state index contributed by atoms with van der Waals surface area (Å²) in [7, 11) is 0. The van der Waals surface area contributed by atoms with Crippen molar-refractivity contribution < 1.29 is 57.5 Å². The van der Waals surface area contributed by atoms with E-state index in [1.165, 1.54) is 6.07 Å². The minimum atomic E-state index is -7.74. The topological polar surface area (TPSA) is 29.1 Å². The number of halogens is 12. The largest absolute Gasteiger partial charge is 0.393 e. The van der Waals surface area contributed by atoms with E-state index in [-0.39, 0.29) is 5.56 Å². The van der Waals surface area contributed by atoms with Crippen LogP contribution in [-0.4, -0.2) is 41.9 Å². The first-order chi connectivity index (χ1) is 12.4. The molecule has 160 valence electrons.